The van der Waals surface area contributed by atoms with E-state index in [1.807, 2.05) is 0 Å². The molecule has 2 aromatic rings. The molecule has 0 saturated heterocycles. The first-order valence-electron chi connectivity index (χ1n) is 4.38. The lowest BCUT2D eigenvalue weighted by atomic mass is 10.1. The predicted molar refractivity (Wildman–Crippen MR) is 51.8 cm³/mol. The largest absolute Gasteiger partial charge is 0.207 e. The van der Waals surface area contributed by atoms with Crippen molar-refractivity contribution >= 4 is 0 Å². The van der Waals surface area contributed by atoms with Crippen LogP contribution in [0.4, 0.5) is 13.2 Å². The van der Waals surface area contributed by atoms with Gasteiger partial charge in [0.25, 0.3) is 0 Å². The van der Waals surface area contributed by atoms with Crippen LogP contribution in [0.25, 0.3) is 11.1 Å². The van der Waals surface area contributed by atoms with E-state index in [4.69, 9.17) is 0 Å². The smallest absolute Gasteiger partial charge is 0.159 e. The van der Waals surface area contributed by atoms with Crippen LogP contribution in [0, 0.1) is 17.5 Å². The molecule has 0 aromatic heterocycles. The highest BCUT2D eigenvalue weighted by molar-refractivity contribution is 5.63. The summed E-state index contributed by atoms with van der Waals surface area (Å²) in [6.07, 6.45) is 0. The van der Waals surface area contributed by atoms with E-state index in [0.29, 0.717) is 11.1 Å². The van der Waals surface area contributed by atoms with Gasteiger partial charge in [-0.3, -0.25) is 0 Å². The monoisotopic (exact) mass is 208 g/mol. The van der Waals surface area contributed by atoms with Gasteiger partial charge in [0.2, 0.25) is 0 Å². The van der Waals surface area contributed by atoms with Gasteiger partial charge in [-0.2, -0.15) is 0 Å². The third-order valence-corrected chi connectivity index (χ3v) is 2.10. The lowest BCUT2D eigenvalue weighted by Crippen LogP contribution is -1.85. The molecule has 0 spiro atoms. The highest BCUT2D eigenvalue weighted by atomic mass is 19.2. The Labute approximate surface area is 85.0 Å². The van der Waals surface area contributed by atoms with Crippen LogP contribution in [0.5, 0.6) is 0 Å². The van der Waals surface area contributed by atoms with Gasteiger partial charge in [-0.25, -0.2) is 13.2 Å². The van der Waals surface area contributed by atoms with Crippen molar-refractivity contribution in [2.24, 2.45) is 0 Å². The Balaban J connectivity index is 2.45. The van der Waals surface area contributed by atoms with Crippen molar-refractivity contribution in [2.75, 3.05) is 0 Å². The van der Waals surface area contributed by atoms with Gasteiger partial charge in [-0.15, -0.1) is 0 Å². The minimum atomic E-state index is -0.906. The van der Waals surface area contributed by atoms with Crippen molar-refractivity contribution in [2.45, 2.75) is 0 Å². The first-order valence-corrected chi connectivity index (χ1v) is 4.38. The Bertz CT molecular complexity index is 475. The molecule has 3 heteroatoms. The number of hydrogen-bond donors (Lipinski definition) is 0. The van der Waals surface area contributed by atoms with Crippen LogP contribution in [0.2, 0.25) is 0 Å². The summed E-state index contributed by atoms with van der Waals surface area (Å²) in [6, 6.07) is 9.17. The molecule has 0 N–H and O–H groups in total. The zero-order valence-corrected chi connectivity index (χ0v) is 7.68. The Morgan fingerprint density at radius 1 is 0.600 bits per heavy atom. The van der Waals surface area contributed by atoms with Gasteiger partial charge in [0.15, 0.2) is 11.6 Å². The predicted octanol–water partition coefficient (Wildman–Crippen LogP) is 3.77. The first-order chi connectivity index (χ1) is 7.16. The Hall–Kier alpha value is -1.77. The molecule has 0 bridgehead atoms. The van der Waals surface area contributed by atoms with E-state index in [9.17, 15) is 13.2 Å². The topological polar surface area (TPSA) is 0 Å². The summed E-state index contributed by atoms with van der Waals surface area (Å²) in [6.45, 7) is 0. The maximum atomic E-state index is 12.9. The van der Waals surface area contributed by atoms with Crippen molar-refractivity contribution in [3.05, 3.63) is 59.9 Å². The van der Waals surface area contributed by atoms with Gasteiger partial charge in [-0.1, -0.05) is 18.2 Å². The molecular formula is C12H7F3. The van der Waals surface area contributed by atoms with Gasteiger partial charge >= 0.3 is 0 Å². The second-order valence-electron chi connectivity index (χ2n) is 3.14. The minimum Gasteiger partial charge on any atom is -0.207 e. The second kappa shape index (κ2) is 3.77. The summed E-state index contributed by atoms with van der Waals surface area (Å²) in [5.41, 5.74) is 1.17. The van der Waals surface area contributed by atoms with Crippen molar-refractivity contribution in [3.8, 4) is 11.1 Å². The van der Waals surface area contributed by atoms with E-state index in [-0.39, 0.29) is 5.82 Å². The zero-order valence-electron chi connectivity index (χ0n) is 7.68. The third kappa shape index (κ3) is 2.01. The fraction of sp³-hybridized carbons (Fsp3) is 0. The number of halogens is 3. The molecule has 0 fully saturated rings. The molecule has 0 aliphatic rings. The van der Waals surface area contributed by atoms with E-state index in [0.717, 1.165) is 12.1 Å². The number of rotatable bonds is 1. The van der Waals surface area contributed by atoms with Crippen molar-refractivity contribution < 1.29 is 13.2 Å². The van der Waals surface area contributed by atoms with E-state index >= 15 is 0 Å². The molecule has 0 atom stereocenters. The average Bonchev–Trinajstić information content (AvgIpc) is 2.23. The highest BCUT2D eigenvalue weighted by Gasteiger charge is 2.04. The molecule has 0 saturated carbocycles. The summed E-state index contributed by atoms with van der Waals surface area (Å²) in [5.74, 6) is -2.15. The molecular weight excluding hydrogens is 201 g/mol. The standard InChI is InChI=1S/C12H7F3/c13-10-4-1-8(2-5-10)9-3-6-11(14)12(15)7-9/h1-7H. The SMILES string of the molecule is Fc1ccc(-c2ccc(F)c(F)c2)cc1. The lowest BCUT2D eigenvalue weighted by Gasteiger charge is -2.01. The Kier molecular flexibility index (Phi) is 2.46. The average molecular weight is 208 g/mol. The van der Waals surface area contributed by atoms with Crippen LogP contribution in [-0.4, -0.2) is 0 Å². The van der Waals surface area contributed by atoms with Crippen LogP contribution in [-0.2, 0) is 0 Å². The molecule has 2 rings (SSSR count). The van der Waals surface area contributed by atoms with Gasteiger partial charge in [0.05, 0.1) is 0 Å². The van der Waals surface area contributed by atoms with Crippen LogP contribution in [0.3, 0.4) is 0 Å². The van der Waals surface area contributed by atoms with E-state index in [1.165, 1.54) is 30.3 Å². The van der Waals surface area contributed by atoms with Crippen LogP contribution in [0.15, 0.2) is 42.5 Å². The molecule has 2 aromatic carbocycles. The fourth-order valence-electron chi connectivity index (χ4n) is 1.32. The minimum absolute atomic E-state index is 0.360. The number of hydrogen-bond acceptors (Lipinski definition) is 0. The summed E-state index contributed by atoms with van der Waals surface area (Å²) in [7, 11) is 0. The van der Waals surface area contributed by atoms with Crippen molar-refractivity contribution in [1.82, 2.24) is 0 Å². The fourth-order valence-corrected chi connectivity index (χ4v) is 1.32. The normalized spacial score (nSPS) is 10.3. The van der Waals surface area contributed by atoms with Gasteiger partial charge in [0.1, 0.15) is 5.82 Å². The summed E-state index contributed by atoms with van der Waals surface area (Å²) >= 11 is 0. The summed E-state index contributed by atoms with van der Waals surface area (Å²) < 4.78 is 38.2. The van der Waals surface area contributed by atoms with Crippen molar-refractivity contribution in [1.29, 1.82) is 0 Å². The molecule has 76 valence electrons. The summed E-state index contributed by atoms with van der Waals surface area (Å²) in [4.78, 5) is 0. The van der Waals surface area contributed by atoms with Crippen LogP contribution in [0.1, 0.15) is 0 Å². The van der Waals surface area contributed by atoms with Crippen LogP contribution < -0.4 is 0 Å². The van der Waals surface area contributed by atoms with Crippen LogP contribution >= 0.6 is 0 Å². The lowest BCUT2D eigenvalue weighted by molar-refractivity contribution is 0.509. The highest BCUT2D eigenvalue weighted by Crippen LogP contribution is 2.21. The molecule has 0 radical (unpaired) electrons. The maximum Gasteiger partial charge on any atom is 0.159 e. The molecule has 0 aliphatic heterocycles. The van der Waals surface area contributed by atoms with Crippen molar-refractivity contribution in [3.63, 3.8) is 0 Å². The van der Waals surface area contributed by atoms with E-state index in [1.54, 1.807) is 0 Å². The maximum absolute atomic E-state index is 12.9. The second-order valence-corrected chi connectivity index (χ2v) is 3.14. The quantitative estimate of drug-likeness (QED) is 0.669. The first kappa shape index (κ1) is 9.77. The summed E-state index contributed by atoms with van der Waals surface area (Å²) in [5, 5.41) is 0. The molecule has 0 unspecified atom stereocenters. The Morgan fingerprint density at radius 3 is 1.80 bits per heavy atom. The van der Waals surface area contributed by atoms with Gasteiger partial charge in [0, 0.05) is 0 Å². The van der Waals surface area contributed by atoms with Gasteiger partial charge in [-0.05, 0) is 35.4 Å². The Morgan fingerprint density at radius 2 is 1.20 bits per heavy atom. The van der Waals surface area contributed by atoms with E-state index < -0.39 is 11.6 Å². The molecule has 0 amide bonds. The number of benzene rings is 2. The zero-order chi connectivity index (χ0) is 10.8. The third-order valence-electron chi connectivity index (χ3n) is 2.10. The molecule has 0 heterocycles. The van der Waals surface area contributed by atoms with E-state index in [2.05, 4.69) is 0 Å². The molecule has 0 nitrogen and oxygen atoms in total. The molecule has 15 heavy (non-hydrogen) atoms. The molecule has 0 aliphatic carbocycles. The van der Waals surface area contributed by atoms with Gasteiger partial charge < -0.3 is 0 Å².